The van der Waals surface area contributed by atoms with Gasteiger partial charge in [0.1, 0.15) is 17.9 Å². The second-order valence-corrected chi connectivity index (χ2v) is 42.6. The maximum atomic E-state index is 13.3. The van der Waals surface area contributed by atoms with Crippen LogP contribution in [0.1, 0.15) is 316 Å². The van der Waals surface area contributed by atoms with E-state index in [1.54, 1.807) is 54.9 Å². The van der Waals surface area contributed by atoms with Crippen molar-refractivity contribution in [1.29, 1.82) is 0 Å². The number of benzene rings is 3. The number of aryl methyl sites for hydroxylation is 3. The number of halogens is 1. The van der Waals surface area contributed by atoms with E-state index >= 15 is 0 Å². The normalized spacial score (nSPS) is 17.3. The number of hydrogen-bond acceptors (Lipinski definition) is 14. The van der Waals surface area contributed by atoms with Gasteiger partial charge in [-0.2, -0.15) is 0 Å². The van der Waals surface area contributed by atoms with Crippen molar-refractivity contribution in [1.82, 2.24) is 15.0 Å². The van der Waals surface area contributed by atoms with Gasteiger partial charge in [-0.25, -0.2) is 19.3 Å². The van der Waals surface area contributed by atoms with Crippen LogP contribution < -0.4 is 14.2 Å². The lowest BCUT2D eigenvalue weighted by molar-refractivity contribution is -0.103. The molecule has 3 aliphatic rings. The van der Waals surface area contributed by atoms with Crippen molar-refractivity contribution in [3.8, 4) is 17.5 Å². The Bertz CT molecular complexity index is 3290. The number of aromatic nitrogens is 3. The number of pyridine rings is 1. The second kappa shape index (κ2) is 51.6. The van der Waals surface area contributed by atoms with Crippen LogP contribution >= 0.6 is 0 Å². The lowest BCUT2D eigenvalue weighted by atomic mass is 9.69. The number of hydrogen-bond donors (Lipinski definition) is 2. The second-order valence-electron chi connectivity index (χ2n) is 42.6. The summed E-state index contributed by atoms with van der Waals surface area (Å²) >= 11 is 0. The predicted molar refractivity (Wildman–Crippen MR) is 490 cm³/mol. The van der Waals surface area contributed by atoms with Crippen molar-refractivity contribution in [3.05, 3.63) is 141 Å². The highest BCUT2D eigenvalue weighted by Gasteiger charge is 2.45. The van der Waals surface area contributed by atoms with E-state index in [0.29, 0.717) is 57.7 Å². The van der Waals surface area contributed by atoms with Crippen molar-refractivity contribution in [3.63, 3.8) is 0 Å². The molecule has 3 aromatic carbocycles. The third-order valence-electron chi connectivity index (χ3n) is 22.2. The fourth-order valence-corrected chi connectivity index (χ4v) is 14.8. The molecule has 3 heterocycles. The van der Waals surface area contributed by atoms with Crippen LogP contribution in [0, 0.1) is 89.2 Å². The average Bonchev–Trinajstić information content (AvgIpc) is 1.39. The Labute approximate surface area is 712 Å². The monoisotopic (exact) mass is 1630 g/mol. The fraction of sp³-hybridized carbons (Fsp3) is 0.733. The van der Waals surface area contributed by atoms with Gasteiger partial charge in [-0.05, 0) is 188 Å². The van der Waals surface area contributed by atoms with Crippen LogP contribution in [-0.4, -0.2) is 127 Å². The standard InChI is InChI=1S/C12H24O2.C12H18O.C11H15F.C11H17NO2.C11H16.C10H16N2O2.C9H20O2.2C9H18O.C7H16/c1-12(2,3)11-9(13-4)7-6-8-10(11)14-5;1-9-6-5-7-10(8-13)11(9)12(2,3)4;1-8-6-5-7-9(12)10(8)11(2,3)4;1-11(2,3)9-8(13-4)6-7-12-10(9)14-5;1-9-7-5-6-8-10(9)11(2,3)4;1-10(2,3)8-7(5-13)11-6-12-9(8)14-4;1-9(2,3)8(6-10-4)7-11-5;1-9(2,3)8-5-7(8)6-10-4;1-9(2,3)8-4-6-10-7-5-8;1-6(2)7(3,4)5/h9-11H,6-8H2,1-5H3;5-7,13H,8H2,1-4H3;5-7H,1-4H3;6-7H,1-5H3;5-8H,1-4H3;6,13H,5H2,1-4H3;8H,6-7H2,1-5H3;7-8H,5-6H2,1-4H3;8H,4-7H2,1-3H3;6H,1-5H3. The Balaban J connectivity index is 0. The molecular formula is C101H178FN3O11. The van der Waals surface area contributed by atoms with E-state index in [2.05, 4.69) is 239 Å². The van der Waals surface area contributed by atoms with Crippen LogP contribution in [0.3, 0.4) is 0 Å². The van der Waals surface area contributed by atoms with Crippen molar-refractivity contribution < 1.29 is 57.2 Å². The number of aliphatic hydroxyl groups excluding tert-OH is 2. The molecule has 5 aromatic rings. The third-order valence-corrected chi connectivity index (χ3v) is 22.2. The molecule has 2 aromatic heterocycles. The van der Waals surface area contributed by atoms with Crippen LogP contribution in [0.2, 0.25) is 0 Å². The first kappa shape index (κ1) is 113. The summed E-state index contributed by atoms with van der Waals surface area (Å²) in [4.78, 5) is 12.2. The summed E-state index contributed by atoms with van der Waals surface area (Å²) in [7, 11) is 13.7. The average molecular weight is 1630 g/mol. The first-order chi connectivity index (χ1) is 53.0. The summed E-state index contributed by atoms with van der Waals surface area (Å²) < 4.78 is 60.8. The highest BCUT2D eigenvalue weighted by Crippen LogP contribution is 2.51. The number of ether oxygens (including phenoxy) is 9. The van der Waals surface area contributed by atoms with Gasteiger partial charge in [0.05, 0.1) is 71.2 Å². The first-order valence-corrected chi connectivity index (χ1v) is 42.7. The van der Waals surface area contributed by atoms with Crippen LogP contribution in [0.5, 0.6) is 17.5 Å². The predicted octanol–water partition coefficient (Wildman–Crippen LogP) is 25.4. The largest absolute Gasteiger partial charge is 0.496 e. The van der Waals surface area contributed by atoms with Gasteiger partial charge in [0.15, 0.2) is 0 Å². The fourth-order valence-electron chi connectivity index (χ4n) is 14.8. The molecule has 1 saturated heterocycles. The zero-order valence-corrected chi connectivity index (χ0v) is 82.6. The van der Waals surface area contributed by atoms with E-state index in [-0.39, 0.29) is 56.9 Å². The van der Waals surface area contributed by atoms with Gasteiger partial charge in [-0.3, -0.25) is 0 Å². The first-order valence-electron chi connectivity index (χ1n) is 42.7. The van der Waals surface area contributed by atoms with Gasteiger partial charge < -0.3 is 52.8 Å². The zero-order valence-electron chi connectivity index (χ0n) is 82.6. The Morgan fingerprint density at radius 2 is 0.905 bits per heavy atom. The molecule has 3 fully saturated rings. The summed E-state index contributed by atoms with van der Waals surface area (Å²) in [5, 5.41) is 18.4. The van der Waals surface area contributed by atoms with E-state index in [9.17, 15) is 9.50 Å². The molecule has 0 amide bonds. The molecule has 4 unspecified atom stereocenters. The topological polar surface area (TPSA) is 162 Å². The summed E-state index contributed by atoms with van der Waals surface area (Å²) in [6.45, 7) is 81.1. The molecular weight excluding hydrogens is 1450 g/mol. The van der Waals surface area contributed by atoms with Crippen LogP contribution in [0.4, 0.5) is 4.39 Å². The van der Waals surface area contributed by atoms with Crippen molar-refractivity contribution >= 4 is 0 Å². The number of rotatable bonds is 13. The molecule has 8 rings (SSSR count). The lowest BCUT2D eigenvalue weighted by Gasteiger charge is -2.44. The number of aliphatic hydroxyl groups is 2. The van der Waals surface area contributed by atoms with Crippen molar-refractivity contribution in [2.24, 2.45) is 62.6 Å². The number of nitrogens with zero attached hydrogens (tertiary/aromatic N) is 3. The molecule has 0 radical (unpaired) electrons. The number of methoxy groups -OCH3 is 8. The van der Waals surface area contributed by atoms with Crippen molar-refractivity contribution in [2.45, 2.75) is 333 Å². The SMILES string of the molecule is CC(C)(C)C1CCOCC1.CC(C)C(C)(C)C.COC1CCCC(OC)C1C(C)(C)C.COCC(COC)C(C)(C)C.COCC1CC1C(C)(C)C.COc1ccnc(OC)c1C(C)(C)C.COc1ncnc(CO)c1C(C)(C)C.Cc1cccc(CO)c1C(C)(C)C.Cc1cccc(F)c1C(C)(C)C.Cc1ccccc1C(C)(C)C. The zero-order chi connectivity index (χ0) is 90.6. The molecule has 116 heavy (non-hydrogen) atoms. The van der Waals surface area contributed by atoms with Gasteiger partial charge in [0, 0.05) is 79.0 Å². The highest BCUT2D eigenvalue weighted by molar-refractivity contribution is 5.45. The maximum Gasteiger partial charge on any atom is 0.220 e. The van der Waals surface area contributed by atoms with Crippen LogP contribution in [0.15, 0.2) is 79.3 Å². The van der Waals surface area contributed by atoms with Gasteiger partial charge in [0.2, 0.25) is 11.8 Å². The third kappa shape index (κ3) is 42.4. The Morgan fingerprint density at radius 3 is 1.22 bits per heavy atom. The van der Waals surface area contributed by atoms with Gasteiger partial charge in [0.25, 0.3) is 0 Å². The van der Waals surface area contributed by atoms with E-state index < -0.39 is 0 Å². The van der Waals surface area contributed by atoms with Crippen molar-refractivity contribution in [2.75, 3.05) is 89.9 Å². The molecule has 0 bridgehead atoms. The minimum absolute atomic E-state index is 0.0368. The molecule has 4 atom stereocenters. The minimum Gasteiger partial charge on any atom is -0.496 e. The van der Waals surface area contributed by atoms with E-state index in [1.165, 1.54) is 73.2 Å². The quantitative estimate of drug-likeness (QED) is 0.114. The molecule has 15 heteroatoms. The Morgan fingerprint density at radius 1 is 0.457 bits per heavy atom. The van der Waals surface area contributed by atoms with Gasteiger partial charge in [-0.15, -0.1) is 0 Å². The Hall–Kier alpha value is -5.10. The minimum atomic E-state index is -0.134. The van der Waals surface area contributed by atoms with Gasteiger partial charge >= 0.3 is 0 Å². The molecule has 2 aliphatic carbocycles. The molecule has 2 N–H and O–H groups in total. The van der Waals surface area contributed by atoms with Gasteiger partial charge in [-0.1, -0.05) is 276 Å². The summed E-state index contributed by atoms with van der Waals surface area (Å²) in [6, 6.07) is 21.7. The Kier molecular flexibility index (Phi) is 50.3. The molecule has 0 spiro atoms. The molecule has 14 nitrogen and oxygen atoms in total. The molecule has 2 saturated carbocycles. The highest BCUT2D eigenvalue weighted by atomic mass is 19.1. The maximum absolute atomic E-state index is 13.3. The smallest absolute Gasteiger partial charge is 0.220 e. The van der Waals surface area contributed by atoms with Crippen LogP contribution in [0.25, 0.3) is 0 Å². The lowest BCUT2D eigenvalue weighted by Crippen LogP contribution is -2.45. The van der Waals surface area contributed by atoms with E-state index in [4.69, 9.17) is 47.7 Å². The summed E-state index contributed by atoms with van der Waals surface area (Å²) in [5.74, 6) is 6.34. The van der Waals surface area contributed by atoms with E-state index in [1.807, 2.05) is 87.0 Å². The molecule has 670 valence electrons. The summed E-state index contributed by atoms with van der Waals surface area (Å²) in [6.07, 6.45) is 11.3. The summed E-state index contributed by atoms with van der Waals surface area (Å²) in [5.41, 5.74) is 12.9. The van der Waals surface area contributed by atoms with E-state index in [0.717, 1.165) is 90.3 Å². The molecule has 1 aliphatic heterocycles. The van der Waals surface area contributed by atoms with Crippen LogP contribution in [-0.2, 0) is 68.7 Å².